The molecule has 0 heterocycles. The molecule has 0 aliphatic heterocycles. The minimum absolute atomic E-state index is 0.0643. The van der Waals surface area contributed by atoms with Gasteiger partial charge in [0.15, 0.2) is 0 Å². The number of benzene rings is 2. The van der Waals surface area contributed by atoms with Crippen molar-refractivity contribution in [3.8, 4) is 0 Å². The smallest absolute Gasteiger partial charge is 0.269 e. The van der Waals surface area contributed by atoms with Gasteiger partial charge in [-0.2, -0.15) is 10.2 Å². The van der Waals surface area contributed by atoms with Crippen molar-refractivity contribution in [2.45, 2.75) is 19.3 Å². The SMILES string of the molecule is O=C(NN=Cc1ccc([N+](=O)[O-])cc1)C1(C(=O)NN=Cc2ccc([N+](=O)[O-])cc2)CCC1. The molecule has 164 valence electrons. The van der Waals surface area contributed by atoms with Gasteiger partial charge in [0.2, 0.25) is 0 Å². The second-order valence-corrected chi connectivity index (χ2v) is 7.03. The number of nitro benzene ring substituents is 2. The molecule has 3 rings (SSSR count). The summed E-state index contributed by atoms with van der Waals surface area (Å²) in [6.07, 6.45) is 4.01. The van der Waals surface area contributed by atoms with Gasteiger partial charge in [-0.25, -0.2) is 10.9 Å². The molecule has 0 spiro atoms. The van der Waals surface area contributed by atoms with E-state index in [4.69, 9.17) is 0 Å². The molecule has 1 saturated carbocycles. The highest BCUT2D eigenvalue weighted by atomic mass is 16.6. The van der Waals surface area contributed by atoms with Crippen molar-refractivity contribution in [2.75, 3.05) is 0 Å². The van der Waals surface area contributed by atoms with Gasteiger partial charge < -0.3 is 0 Å². The molecule has 0 unspecified atom stereocenters. The summed E-state index contributed by atoms with van der Waals surface area (Å²) in [5.74, 6) is -1.16. The van der Waals surface area contributed by atoms with E-state index in [1.165, 1.54) is 61.0 Å². The highest BCUT2D eigenvalue weighted by molar-refractivity contribution is 6.06. The lowest BCUT2D eigenvalue weighted by molar-refractivity contribution is -0.385. The first-order chi connectivity index (χ1) is 15.3. The third-order valence-corrected chi connectivity index (χ3v) is 5.04. The monoisotopic (exact) mass is 438 g/mol. The van der Waals surface area contributed by atoms with Gasteiger partial charge in [-0.3, -0.25) is 29.8 Å². The van der Waals surface area contributed by atoms with Crippen LogP contribution in [-0.4, -0.2) is 34.1 Å². The van der Waals surface area contributed by atoms with Gasteiger partial charge in [0, 0.05) is 24.3 Å². The van der Waals surface area contributed by atoms with E-state index >= 15 is 0 Å². The Bertz CT molecular complexity index is 1010. The molecule has 1 aliphatic rings. The number of hydrazone groups is 2. The second kappa shape index (κ2) is 9.55. The molecular formula is C20H18N6O6. The third-order valence-electron chi connectivity index (χ3n) is 5.04. The molecule has 2 N–H and O–H groups in total. The minimum Gasteiger partial charge on any atom is -0.272 e. The number of non-ortho nitro benzene ring substituents is 2. The zero-order chi connectivity index (χ0) is 23.1. The van der Waals surface area contributed by atoms with Crippen LogP contribution in [0.25, 0.3) is 0 Å². The summed E-state index contributed by atoms with van der Waals surface area (Å²) >= 11 is 0. The Labute approximate surface area is 181 Å². The summed E-state index contributed by atoms with van der Waals surface area (Å²) in [7, 11) is 0. The Morgan fingerprint density at radius 2 is 1.16 bits per heavy atom. The first kappa shape index (κ1) is 22.2. The lowest BCUT2D eigenvalue weighted by atomic mass is 9.67. The van der Waals surface area contributed by atoms with Gasteiger partial charge >= 0.3 is 0 Å². The van der Waals surface area contributed by atoms with Gasteiger partial charge in [0.05, 0.1) is 22.3 Å². The van der Waals surface area contributed by atoms with E-state index in [0.29, 0.717) is 30.4 Å². The summed E-state index contributed by atoms with van der Waals surface area (Å²) < 4.78 is 0. The van der Waals surface area contributed by atoms with Crippen molar-refractivity contribution in [1.82, 2.24) is 10.9 Å². The molecule has 12 nitrogen and oxygen atoms in total. The standard InChI is InChI=1S/C20H18N6O6/c27-18(23-21-12-14-2-6-16(7-3-14)25(29)30)20(10-1-11-20)19(28)24-22-13-15-4-8-17(9-5-15)26(31)32/h2-9,12-13H,1,10-11H2,(H,23,27)(H,24,28). The van der Waals surface area contributed by atoms with Crippen LogP contribution < -0.4 is 10.9 Å². The molecule has 0 bridgehead atoms. The van der Waals surface area contributed by atoms with Gasteiger partial charge in [0.25, 0.3) is 23.2 Å². The maximum Gasteiger partial charge on any atom is 0.269 e. The quantitative estimate of drug-likeness (QED) is 0.277. The van der Waals surface area contributed by atoms with E-state index in [1.54, 1.807) is 0 Å². The molecule has 2 aromatic rings. The van der Waals surface area contributed by atoms with E-state index in [-0.39, 0.29) is 11.4 Å². The summed E-state index contributed by atoms with van der Waals surface area (Å²) in [6, 6.07) is 11.2. The van der Waals surface area contributed by atoms with Crippen LogP contribution in [0.4, 0.5) is 11.4 Å². The summed E-state index contributed by atoms with van der Waals surface area (Å²) in [5, 5.41) is 29.0. The van der Waals surface area contributed by atoms with Crippen LogP contribution in [0.3, 0.4) is 0 Å². The third kappa shape index (κ3) is 4.98. The van der Waals surface area contributed by atoms with Crippen LogP contribution in [-0.2, 0) is 9.59 Å². The van der Waals surface area contributed by atoms with E-state index in [1.807, 2.05) is 0 Å². The van der Waals surface area contributed by atoms with Crippen LogP contribution in [0, 0.1) is 25.6 Å². The lowest BCUT2D eigenvalue weighted by Crippen LogP contribution is -2.53. The molecule has 0 aromatic heterocycles. The van der Waals surface area contributed by atoms with Gasteiger partial charge in [-0.15, -0.1) is 0 Å². The Morgan fingerprint density at radius 1 is 0.781 bits per heavy atom. The minimum atomic E-state index is -1.29. The van der Waals surface area contributed by atoms with Crippen LogP contribution in [0.2, 0.25) is 0 Å². The fourth-order valence-electron chi connectivity index (χ4n) is 3.00. The zero-order valence-electron chi connectivity index (χ0n) is 16.6. The number of nitrogens with one attached hydrogen (secondary N) is 2. The van der Waals surface area contributed by atoms with E-state index in [2.05, 4.69) is 21.1 Å². The molecular weight excluding hydrogens is 420 g/mol. The number of amides is 2. The number of rotatable bonds is 8. The lowest BCUT2D eigenvalue weighted by Gasteiger charge is -2.36. The van der Waals surface area contributed by atoms with Crippen molar-refractivity contribution in [3.63, 3.8) is 0 Å². The molecule has 1 fully saturated rings. The van der Waals surface area contributed by atoms with Crippen LogP contribution >= 0.6 is 0 Å². The average Bonchev–Trinajstić information content (AvgIpc) is 2.73. The number of hydrogen-bond acceptors (Lipinski definition) is 8. The van der Waals surface area contributed by atoms with Gasteiger partial charge in [0.1, 0.15) is 5.41 Å². The molecule has 0 saturated heterocycles. The van der Waals surface area contributed by atoms with Crippen molar-refractivity contribution in [1.29, 1.82) is 0 Å². The van der Waals surface area contributed by atoms with Crippen molar-refractivity contribution >= 4 is 35.6 Å². The maximum atomic E-state index is 12.6. The van der Waals surface area contributed by atoms with Gasteiger partial charge in [-0.1, -0.05) is 6.42 Å². The van der Waals surface area contributed by atoms with E-state index in [0.717, 1.165) is 0 Å². The highest BCUT2D eigenvalue weighted by Crippen LogP contribution is 2.41. The average molecular weight is 438 g/mol. The number of nitrogens with zero attached hydrogens (tertiary/aromatic N) is 4. The number of hydrogen-bond donors (Lipinski definition) is 2. The Balaban J connectivity index is 1.57. The van der Waals surface area contributed by atoms with Gasteiger partial charge in [-0.05, 0) is 48.2 Å². The number of carbonyl (C=O) groups excluding carboxylic acids is 2. The summed E-state index contributed by atoms with van der Waals surface area (Å²) in [6.45, 7) is 0. The first-order valence-electron chi connectivity index (χ1n) is 9.48. The first-order valence-corrected chi connectivity index (χ1v) is 9.48. The van der Waals surface area contributed by atoms with Crippen LogP contribution in [0.15, 0.2) is 58.7 Å². The van der Waals surface area contributed by atoms with E-state index < -0.39 is 27.1 Å². The molecule has 12 heteroatoms. The molecule has 2 aromatic carbocycles. The largest absolute Gasteiger partial charge is 0.272 e. The fraction of sp³-hybridized carbons (Fsp3) is 0.200. The Hall–Kier alpha value is -4.48. The summed E-state index contributed by atoms with van der Waals surface area (Å²) in [5.41, 5.74) is 4.33. The predicted molar refractivity (Wildman–Crippen MR) is 114 cm³/mol. The van der Waals surface area contributed by atoms with Crippen LogP contribution in [0.1, 0.15) is 30.4 Å². The molecule has 2 amide bonds. The summed E-state index contributed by atoms with van der Waals surface area (Å²) in [4.78, 5) is 45.4. The normalized spacial score (nSPS) is 14.6. The topological polar surface area (TPSA) is 169 Å². The fourth-order valence-corrected chi connectivity index (χ4v) is 3.00. The Morgan fingerprint density at radius 3 is 1.44 bits per heavy atom. The zero-order valence-corrected chi connectivity index (χ0v) is 16.6. The molecule has 0 radical (unpaired) electrons. The molecule has 32 heavy (non-hydrogen) atoms. The van der Waals surface area contributed by atoms with Crippen LogP contribution in [0.5, 0.6) is 0 Å². The highest BCUT2D eigenvalue weighted by Gasteiger charge is 2.51. The number of nitro groups is 2. The molecule has 0 atom stereocenters. The number of carbonyl (C=O) groups is 2. The van der Waals surface area contributed by atoms with E-state index in [9.17, 15) is 29.8 Å². The van der Waals surface area contributed by atoms with Crippen molar-refractivity contribution < 1.29 is 19.4 Å². The second-order valence-electron chi connectivity index (χ2n) is 7.03. The van der Waals surface area contributed by atoms with Crippen molar-refractivity contribution in [3.05, 3.63) is 79.9 Å². The molecule has 1 aliphatic carbocycles. The van der Waals surface area contributed by atoms with Crippen molar-refractivity contribution in [2.24, 2.45) is 15.6 Å². The maximum absolute atomic E-state index is 12.6. The Kier molecular flexibility index (Phi) is 6.63. The predicted octanol–water partition coefficient (Wildman–Crippen LogP) is 2.27.